The number of sulfonamides is 3. The van der Waals surface area contributed by atoms with Crippen molar-refractivity contribution in [3.05, 3.63) is 299 Å². The van der Waals surface area contributed by atoms with Crippen molar-refractivity contribution < 1.29 is 58.8 Å². The highest BCUT2D eigenvalue weighted by atomic mass is 33.5. The Labute approximate surface area is 971 Å². The molecule has 782 valence electrons. The van der Waals surface area contributed by atoms with Crippen LogP contribution in [-0.4, -0.2) is 182 Å². The van der Waals surface area contributed by atoms with Gasteiger partial charge in [0.05, 0.1) is 53.5 Å². The predicted octanol–water partition coefficient (Wildman–Crippen LogP) is 13.5. The Morgan fingerprint density at radius 1 is 0.409 bits per heavy atom. The molecule has 0 N–H and O–H groups in total. The molecule has 149 heavy (non-hydrogen) atoms. The van der Waals surface area contributed by atoms with E-state index in [1.54, 1.807) is 259 Å². The molecule has 1 aromatic heterocycles. The number of thiol groups is 2. The van der Waals surface area contributed by atoms with Crippen molar-refractivity contribution in [2.24, 2.45) is 0 Å². The van der Waals surface area contributed by atoms with Crippen LogP contribution < -0.4 is 12.9 Å². The zero-order valence-electron chi connectivity index (χ0n) is 77.3. The van der Waals surface area contributed by atoms with Gasteiger partial charge >= 0.3 is 0 Å². The predicted molar refractivity (Wildman–Crippen MR) is 679 cm³/mol. The summed E-state index contributed by atoms with van der Waals surface area (Å²) < 4.78 is 94.0. The first-order chi connectivity index (χ1) is 71.9. The second-order valence-corrected chi connectivity index (χ2v) is 88.5. The summed E-state index contributed by atoms with van der Waals surface area (Å²) >= 11 is 21.2. The van der Waals surface area contributed by atoms with E-state index in [0.717, 1.165) is 78.3 Å². The Morgan fingerprint density at radius 3 is 1.23 bits per heavy atom. The minimum absolute atomic E-state index is 0.0738. The van der Waals surface area contributed by atoms with Crippen LogP contribution in [0, 0.1) is 0 Å². The molecule has 2 bridgehead atoms. The third-order valence-corrected chi connectivity index (χ3v) is 89.7. The first-order valence-electron chi connectivity index (χ1n) is 43.8. The first kappa shape index (κ1) is 113. The van der Waals surface area contributed by atoms with Gasteiger partial charge in [-0.05, 0) is 147 Å². The molecule has 12 heterocycles. The number of carbonyl (C=O) groups excluding carboxylic acids is 7. The van der Waals surface area contributed by atoms with Crippen molar-refractivity contribution in [2.75, 3.05) is 46.6 Å². The van der Waals surface area contributed by atoms with Crippen molar-refractivity contribution >= 4 is 429 Å². The number of allylic oxidation sites excluding steroid dienone is 2. The average molecular weight is 2660 g/mol. The van der Waals surface area contributed by atoms with Crippen LogP contribution in [0.15, 0.2) is 270 Å². The van der Waals surface area contributed by atoms with E-state index in [-0.39, 0.29) is 56.3 Å². The monoisotopic (exact) mass is 2660 g/mol. The van der Waals surface area contributed by atoms with Crippen LogP contribution in [-0.2, 0) is 319 Å². The molecule has 8 saturated heterocycles. The zero-order valence-corrected chi connectivity index (χ0v) is 107. The molecule has 13 aliphatic rings. The van der Waals surface area contributed by atoms with Crippen LogP contribution in [0.5, 0.6) is 0 Å². The number of thioether (sulfide) groups is 1. The quantitative estimate of drug-likeness (QED) is 0.0803. The van der Waals surface area contributed by atoms with Crippen LogP contribution in [0.25, 0.3) is 22.0 Å². The van der Waals surface area contributed by atoms with Crippen molar-refractivity contribution in [1.82, 2.24) is 33.4 Å². The van der Waals surface area contributed by atoms with Crippen molar-refractivity contribution in [2.45, 2.75) is 119 Å². The van der Waals surface area contributed by atoms with Gasteiger partial charge in [0.25, 0.3) is 65.5 Å². The molecule has 9 aromatic carbocycles. The third kappa shape index (κ3) is 19.9. The first-order valence-corrected chi connectivity index (χ1v) is 87.9. The Kier molecular flexibility index (Phi) is 36.1. The minimum atomic E-state index is -4.28. The fraction of sp³-hybridized carbons (Fsp3) is 0.256. The molecule has 0 unspecified atom stereocenters. The lowest BCUT2D eigenvalue weighted by Gasteiger charge is -2.53. The van der Waals surface area contributed by atoms with Crippen LogP contribution >= 0.6 is 92.1 Å². The summed E-state index contributed by atoms with van der Waals surface area (Å²) in [5.41, 5.74) is 8.65. The van der Waals surface area contributed by atoms with E-state index in [9.17, 15) is 58.8 Å². The van der Waals surface area contributed by atoms with Crippen molar-refractivity contribution in [3.8, 4) is 0 Å². The van der Waals surface area contributed by atoms with Gasteiger partial charge in [0.2, 0.25) is 0 Å². The summed E-state index contributed by atoms with van der Waals surface area (Å²) in [5, 5.41) is -2.32. The highest BCUT2D eigenvalue weighted by Crippen LogP contribution is 2.73. The Bertz CT molecular complexity index is 8800. The molecule has 23 nitrogen and oxygen atoms in total. The molecule has 11 aliphatic heterocycles. The summed E-state index contributed by atoms with van der Waals surface area (Å²) in [5.74, 6) is -2.05. The van der Waals surface area contributed by atoms with E-state index in [4.69, 9.17) is 35.0 Å². The number of piperazine rings is 3. The maximum absolute atomic E-state index is 14.9. The van der Waals surface area contributed by atoms with Gasteiger partial charge in [-0.1, -0.05) is 243 Å². The number of nitrogens with zero attached hydrogens (tertiary/aromatic N) is 10. The zero-order chi connectivity index (χ0) is 105. The highest BCUT2D eigenvalue weighted by Gasteiger charge is 2.80. The number of carbonyl (C=O) groups is 7. The number of anilines is 3. The van der Waals surface area contributed by atoms with Gasteiger partial charge in [0.15, 0.2) is 35.8 Å². The van der Waals surface area contributed by atoms with Crippen LogP contribution in [0.2, 0.25) is 0 Å². The lowest BCUT2D eigenvalue weighted by Crippen LogP contribution is -2.72. The average Bonchev–Trinajstić information content (AvgIpc) is 1.49. The highest BCUT2D eigenvalue weighted by molar-refractivity contribution is 8.80. The van der Waals surface area contributed by atoms with E-state index in [0.29, 0.717) is 36.3 Å². The van der Waals surface area contributed by atoms with Gasteiger partial charge in [-0.3, -0.25) is 52.2 Å². The molecular weight excluding hydrogens is 2580 g/mol. The molecule has 12 atom stereocenters. The molecular formula is C90H78N10O13S36. The van der Waals surface area contributed by atoms with E-state index in [1.807, 2.05) is 188 Å². The van der Waals surface area contributed by atoms with Crippen LogP contribution in [0.4, 0.5) is 17.1 Å². The van der Waals surface area contributed by atoms with Crippen molar-refractivity contribution in [1.29, 1.82) is 0 Å². The molecule has 59 heteroatoms. The Morgan fingerprint density at radius 2 is 0.799 bits per heavy atom. The van der Waals surface area contributed by atoms with Gasteiger partial charge in [-0.25, -0.2) is 38.2 Å². The lowest BCUT2D eigenvalue weighted by atomic mass is 9.70. The Hall–Kier alpha value is -3.96. The summed E-state index contributed by atoms with van der Waals surface area (Å²) in [6.07, 6.45) is 8.92. The lowest BCUT2D eigenvalue weighted by molar-refractivity contribution is -0.158. The SMILES string of the molecule is CN1C(=O)[C@@]2(S)C[C@]3(C4=CCc5ccccc54)c4ccccc4N(S(=O)(=O)c4ccccc4)[C@@H]3N2C(=O)[C@@H]1S.CN1C(=O)[C@@]23C[C@]4(C5=CCc6ccccc65)c5ccccc5N(S(=O)(=O)c5ccccc5)[C@@H]4N2C(=O)[C@@H]1SS3.CSS[C@]12C[C@]3(c4cn(SC)c5ccccc45)c4ccccc4N(S(=O)(=O)c4ccccc4)[C@@H]3N1C(=O)[C@H](SC(C)=O)N(C)C2=O.S=S=S=S=S=S=S=S=S=S=S=S=S=S=S=S=S=S=S=S=S=S=S=S=S. The second-order valence-electron chi connectivity index (χ2n) is 33.9. The number of aromatic nitrogens is 1. The number of hydrogen-bond donors (Lipinski definition) is 2. The summed E-state index contributed by atoms with van der Waals surface area (Å²) in [4.78, 5) is 103. The van der Waals surface area contributed by atoms with E-state index < -0.39 is 107 Å². The maximum atomic E-state index is 14.9. The summed E-state index contributed by atoms with van der Waals surface area (Å²) in [6, 6.07) is 71.1. The van der Waals surface area contributed by atoms with Gasteiger partial charge in [-0.15, -0.1) is 25.3 Å². The number of hydrogen-bond acceptors (Lipinski definition) is 23. The number of benzene rings is 9. The minimum Gasteiger partial charge on any atom is -0.322 e. The normalized spacial score (nSPS) is 24.7. The Balaban J connectivity index is 0.000000127. The third-order valence-electron chi connectivity index (χ3n) is 27.0. The molecule has 10 aromatic rings. The van der Waals surface area contributed by atoms with Crippen LogP contribution in [0.3, 0.4) is 0 Å². The second kappa shape index (κ2) is 47.5. The van der Waals surface area contributed by atoms with E-state index in [1.165, 1.54) is 124 Å². The molecule has 1 spiro atoms. The molecule has 6 amide bonds. The number of para-hydroxylation sites is 4. The van der Waals surface area contributed by atoms with Gasteiger partial charge in [-0.2, -0.15) is 0 Å². The number of rotatable bonds is 13. The summed E-state index contributed by atoms with van der Waals surface area (Å²) in [7, 11) is 37.6. The molecule has 0 radical (unpaired) electrons. The molecule has 0 saturated carbocycles. The van der Waals surface area contributed by atoms with Crippen molar-refractivity contribution in [3.63, 3.8) is 0 Å². The fourth-order valence-electron chi connectivity index (χ4n) is 21.7. The van der Waals surface area contributed by atoms with E-state index in [2.05, 4.69) is 43.0 Å². The smallest absolute Gasteiger partial charge is 0.266 e. The maximum Gasteiger partial charge on any atom is 0.266 e. The topological polar surface area (TPSA) is 256 Å². The molecule has 23 rings (SSSR count). The van der Waals surface area contributed by atoms with Crippen LogP contribution in [0.1, 0.15) is 70.7 Å². The van der Waals surface area contributed by atoms with Gasteiger partial charge in [0.1, 0.15) is 18.5 Å². The van der Waals surface area contributed by atoms with Gasteiger partial charge < -0.3 is 14.7 Å². The number of fused-ring (bicyclic) bond motifs is 18. The van der Waals surface area contributed by atoms with Gasteiger partial charge in [0, 0.05) is 292 Å². The standard InChI is InChI=1S/C32H30N4O5S5.C29H23N3O4S3.C29H25N3O4S3.S25/c1-20(37)44-28-27(38)35-29-31(19-32(35,45-43-4)30(39)33(28)2,24-18-34(42-3)25-16-10-8-14-22(24)25)23-15-9-11-17-26(23)36(29)46(40,41)21-12-6-5-7-13-21;1-30-25-24(33)31-26-28(17-29(31,27(30)34)38-37-25,21-16-15-18-9-5-6-12-20(18)21)22-13-7-8-14-23(22)32(26)39(35,36)19-10-3-2-4-11-19;1-30-25(37)24(33)31-26-28(17-29(31,38)27(30)34,21-16-15-18-9-5-6-12-20(18)21)22-13-7-8-14-23(22)32(26)39(35,36)19-10-3-2-4-11-19;1-3-5-7-9-11-13-15-17-19-21-23-25-24-22-20-18-16-14-12-10-8-6-4-2/h5-18,28-29H,19H2,1-4H3;2-14,16,25-26H,15,17H2,1H3;2-14,16,25-26,37-38H,15,17H2,1H3;/t28-,29-,31+,32-;2*25-,26-,28-,29-;/m000./s1. The van der Waals surface area contributed by atoms with E-state index >= 15 is 0 Å². The molecule has 8 fully saturated rings. The number of amides is 6. The summed E-state index contributed by atoms with van der Waals surface area (Å²) in [6.45, 7) is 1.36. The number of likely N-dealkylation sites (N-methyl/N-ethyl adjacent to an activating group) is 3. The molecule has 2 aliphatic carbocycles. The largest absolute Gasteiger partial charge is 0.322 e. The fourth-order valence-corrected chi connectivity index (χ4v) is 92.6.